The lowest BCUT2D eigenvalue weighted by atomic mass is 9.60. The molecule has 0 radical (unpaired) electrons. The molecule has 1 spiro atoms. The zero-order valence-corrected chi connectivity index (χ0v) is 22.4. The third-order valence-corrected chi connectivity index (χ3v) is 8.41. The van der Waals surface area contributed by atoms with Gasteiger partial charge in [0.05, 0.1) is 0 Å². The van der Waals surface area contributed by atoms with Crippen LogP contribution < -0.4 is 0 Å². The van der Waals surface area contributed by atoms with Gasteiger partial charge in [0, 0.05) is 17.4 Å². The highest BCUT2D eigenvalue weighted by Crippen LogP contribution is 2.63. The molecule has 1 saturated carbocycles. The minimum Gasteiger partial charge on any atom is -0.429 e. The highest BCUT2D eigenvalue weighted by molar-refractivity contribution is 6.30. The van der Waals surface area contributed by atoms with Crippen molar-refractivity contribution in [3.8, 4) is 0 Å². The molecule has 180 valence electrons. The lowest BCUT2D eigenvalue weighted by Gasteiger charge is -2.42. The molecule has 0 bridgehead atoms. The Morgan fingerprint density at radius 2 is 1.12 bits per heavy atom. The summed E-state index contributed by atoms with van der Waals surface area (Å²) in [6.45, 7) is 25.0. The lowest BCUT2D eigenvalue weighted by molar-refractivity contribution is -0.168. The van der Waals surface area contributed by atoms with Crippen LogP contribution in [0.4, 0.5) is 0 Å². The molecule has 1 heterocycles. The zero-order chi connectivity index (χ0) is 24.8. The number of ether oxygens (including phenoxy) is 1. The van der Waals surface area contributed by atoms with Gasteiger partial charge in [-0.3, -0.25) is 14.4 Å². The van der Waals surface area contributed by atoms with Crippen LogP contribution in [-0.2, 0) is 19.1 Å². The number of esters is 1. The summed E-state index contributed by atoms with van der Waals surface area (Å²) in [7, 11) is 0. The van der Waals surface area contributed by atoms with Crippen LogP contribution in [-0.4, -0.2) is 17.5 Å². The molecule has 0 amide bonds. The molecular weight excluding hydrogens is 400 g/mol. The standard InChI is InChI=1S/C28H44O4/c1-24(2,3)15-13-16(25(4,5)6)20-19(15)22(30)28(23(31)32-20)18(27(10,11)12)14-17(21(28)29)26(7,8)9/h15-18H,13-14H2,1-12H3/t15-,16+,17-,18+,28+/m1/s1. The molecule has 2 aliphatic carbocycles. The van der Waals surface area contributed by atoms with E-state index in [1.54, 1.807) is 0 Å². The fourth-order valence-corrected chi connectivity index (χ4v) is 6.46. The third-order valence-electron chi connectivity index (χ3n) is 8.41. The van der Waals surface area contributed by atoms with E-state index < -0.39 is 11.4 Å². The second kappa shape index (κ2) is 7.03. The summed E-state index contributed by atoms with van der Waals surface area (Å²) in [6, 6.07) is 0. The van der Waals surface area contributed by atoms with Gasteiger partial charge in [0.15, 0.2) is 17.0 Å². The highest BCUT2D eigenvalue weighted by atomic mass is 16.5. The minimum atomic E-state index is -1.72. The van der Waals surface area contributed by atoms with E-state index in [4.69, 9.17) is 4.74 Å². The summed E-state index contributed by atoms with van der Waals surface area (Å²) in [5.41, 5.74) is -2.14. The molecule has 1 aliphatic heterocycles. The number of hydrogen-bond donors (Lipinski definition) is 0. The summed E-state index contributed by atoms with van der Waals surface area (Å²) in [5.74, 6) is -1.35. The fourth-order valence-electron chi connectivity index (χ4n) is 6.46. The number of allylic oxidation sites excluding steroid dienone is 2. The van der Waals surface area contributed by atoms with Crippen LogP contribution in [0.15, 0.2) is 11.3 Å². The summed E-state index contributed by atoms with van der Waals surface area (Å²) < 4.78 is 6.14. The Kier molecular flexibility index (Phi) is 5.53. The smallest absolute Gasteiger partial charge is 0.333 e. The second-order valence-corrected chi connectivity index (χ2v) is 14.8. The van der Waals surface area contributed by atoms with Gasteiger partial charge < -0.3 is 4.74 Å². The fraction of sp³-hybridized carbons (Fsp3) is 0.821. The van der Waals surface area contributed by atoms with Crippen LogP contribution in [0.3, 0.4) is 0 Å². The van der Waals surface area contributed by atoms with Crippen LogP contribution >= 0.6 is 0 Å². The van der Waals surface area contributed by atoms with E-state index in [0.29, 0.717) is 17.8 Å². The average Bonchev–Trinajstić information content (AvgIpc) is 3.08. The van der Waals surface area contributed by atoms with Crippen LogP contribution in [0, 0.1) is 50.7 Å². The van der Waals surface area contributed by atoms with Gasteiger partial charge in [0.2, 0.25) is 0 Å². The largest absolute Gasteiger partial charge is 0.429 e. The van der Waals surface area contributed by atoms with Crippen LogP contribution in [0.5, 0.6) is 0 Å². The van der Waals surface area contributed by atoms with Crippen molar-refractivity contribution in [1.82, 2.24) is 0 Å². The number of ketones is 2. The van der Waals surface area contributed by atoms with Crippen molar-refractivity contribution >= 4 is 17.5 Å². The molecule has 5 atom stereocenters. The number of hydrogen-bond acceptors (Lipinski definition) is 4. The average molecular weight is 445 g/mol. The molecule has 4 nitrogen and oxygen atoms in total. The molecule has 0 aromatic carbocycles. The topological polar surface area (TPSA) is 60.4 Å². The van der Waals surface area contributed by atoms with E-state index in [0.717, 1.165) is 6.42 Å². The number of carbonyl (C=O) groups is 3. The van der Waals surface area contributed by atoms with Gasteiger partial charge in [-0.1, -0.05) is 83.1 Å². The molecule has 0 saturated heterocycles. The number of carbonyl (C=O) groups excluding carboxylic acids is 3. The molecule has 0 unspecified atom stereocenters. The van der Waals surface area contributed by atoms with E-state index >= 15 is 0 Å². The lowest BCUT2D eigenvalue weighted by Crippen LogP contribution is -2.56. The molecule has 0 N–H and O–H groups in total. The van der Waals surface area contributed by atoms with Crippen molar-refractivity contribution < 1.29 is 19.1 Å². The van der Waals surface area contributed by atoms with E-state index in [1.165, 1.54) is 0 Å². The van der Waals surface area contributed by atoms with Gasteiger partial charge in [-0.15, -0.1) is 0 Å². The molecule has 3 rings (SSSR count). The Morgan fingerprint density at radius 1 is 0.656 bits per heavy atom. The zero-order valence-electron chi connectivity index (χ0n) is 22.4. The maximum absolute atomic E-state index is 14.5. The van der Waals surface area contributed by atoms with Crippen molar-refractivity contribution in [1.29, 1.82) is 0 Å². The Labute approximate surface area is 194 Å². The Bertz CT molecular complexity index is 878. The molecule has 4 heteroatoms. The first-order valence-electron chi connectivity index (χ1n) is 12.2. The van der Waals surface area contributed by atoms with Gasteiger partial charge in [-0.2, -0.15) is 0 Å². The molecule has 32 heavy (non-hydrogen) atoms. The van der Waals surface area contributed by atoms with E-state index in [1.807, 2.05) is 41.5 Å². The molecule has 1 fully saturated rings. The number of Topliss-reactive ketones (excluding diaryl/α,β-unsaturated/α-hetero) is 2. The Balaban J connectivity index is 2.29. The minimum absolute atomic E-state index is 0.0185. The summed E-state index contributed by atoms with van der Waals surface area (Å²) in [6.07, 6.45) is 1.31. The molecule has 0 aromatic rings. The predicted octanol–water partition coefficient (Wildman–Crippen LogP) is 6.38. The van der Waals surface area contributed by atoms with Gasteiger partial charge >= 0.3 is 5.97 Å². The maximum atomic E-state index is 14.5. The van der Waals surface area contributed by atoms with Crippen molar-refractivity contribution in [2.45, 2.75) is 95.9 Å². The summed E-state index contributed by atoms with van der Waals surface area (Å²) in [4.78, 5) is 42.5. The normalized spacial score (nSPS) is 34.4. The van der Waals surface area contributed by atoms with E-state index in [-0.39, 0.29) is 56.9 Å². The monoisotopic (exact) mass is 444 g/mol. The van der Waals surface area contributed by atoms with Crippen molar-refractivity contribution in [2.75, 3.05) is 0 Å². The summed E-state index contributed by atoms with van der Waals surface area (Å²) in [5, 5.41) is 0. The quantitative estimate of drug-likeness (QED) is 0.321. The second-order valence-electron chi connectivity index (χ2n) is 14.8. The van der Waals surface area contributed by atoms with E-state index in [2.05, 4.69) is 41.5 Å². The van der Waals surface area contributed by atoms with Gasteiger partial charge in [0.1, 0.15) is 5.76 Å². The van der Waals surface area contributed by atoms with Crippen molar-refractivity contribution in [3.05, 3.63) is 11.3 Å². The molecular formula is C28H44O4. The van der Waals surface area contributed by atoms with Crippen molar-refractivity contribution in [3.63, 3.8) is 0 Å². The van der Waals surface area contributed by atoms with Crippen LogP contribution in [0.2, 0.25) is 0 Å². The maximum Gasteiger partial charge on any atom is 0.333 e. The Hall–Kier alpha value is -1.45. The van der Waals surface area contributed by atoms with Crippen LogP contribution in [0.25, 0.3) is 0 Å². The highest BCUT2D eigenvalue weighted by Gasteiger charge is 2.72. The SMILES string of the molecule is CC(C)(C)[C@@H]1C[C@@H](C(C)(C)C)[C@]2(C(=O)OC3=C(C2=O)[C@H](C(C)(C)C)C[C@@H]3C(C)(C)C)C1=O. The van der Waals surface area contributed by atoms with Gasteiger partial charge in [-0.05, 0) is 46.3 Å². The first-order chi connectivity index (χ1) is 14.2. The van der Waals surface area contributed by atoms with Crippen molar-refractivity contribution in [2.24, 2.45) is 50.7 Å². The van der Waals surface area contributed by atoms with Crippen LogP contribution in [0.1, 0.15) is 95.9 Å². The Morgan fingerprint density at radius 3 is 1.53 bits per heavy atom. The van der Waals surface area contributed by atoms with Gasteiger partial charge in [0.25, 0.3) is 0 Å². The van der Waals surface area contributed by atoms with E-state index in [9.17, 15) is 14.4 Å². The first kappa shape index (κ1) is 25.2. The third kappa shape index (κ3) is 3.51. The molecule has 0 aromatic heterocycles. The predicted molar refractivity (Wildman–Crippen MR) is 127 cm³/mol. The summed E-state index contributed by atoms with van der Waals surface area (Å²) >= 11 is 0. The first-order valence-corrected chi connectivity index (χ1v) is 12.2. The number of rotatable bonds is 0. The molecule has 3 aliphatic rings. The van der Waals surface area contributed by atoms with Gasteiger partial charge in [-0.25, -0.2) is 0 Å².